The normalized spacial score (nSPS) is 24.0. The number of carbonyl (C=O) groups is 1. The summed E-state index contributed by atoms with van der Waals surface area (Å²) in [6.07, 6.45) is 1.34. The number of hydrogen-bond acceptors (Lipinski definition) is 3. The molecule has 5 nitrogen and oxygen atoms in total. The summed E-state index contributed by atoms with van der Waals surface area (Å²) < 4.78 is 0. The summed E-state index contributed by atoms with van der Waals surface area (Å²) in [5.41, 5.74) is 1.83. The van der Waals surface area contributed by atoms with Crippen LogP contribution >= 0.6 is 11.6 Å². The largest absolute Gasteiger partial charge is 0.465 e. The first-order chi connectivity index (χ1) is 10.1. The van der Waals surface area contributed by atoms with Crippen LogP contribution in [0.1, 0.15) is 18.4 Å². The van der Waals surface area contributed by atoms with Crippen LogP contribution in [0.5, 0.6) is 0 Å². The smallest absolute Gasteiger partial charge is 0.407 e. The van der Waals surface area contributed by atoms with Crippen molar-refractivity contribution < 1.29 is 9.90 Å². The monoisotopic (exact) mass is 305 g/mol. The van der Waals surface area contributed by atoms with E-state index in [9.17, 15) is 9.90 Å². The highest BCUT2D eigenvalue weighted by Gasteiger charge is 2.42. The lowest BCUT2D eigenvalue weighted by Crippen LogP contribution is -2.55. The van der Waals surface area contributed by atoms with Gasteiger partial charge in [-0.1, -0.05) is 17.7 Å². The Labute approximate surface area is 128 Å². The fraction of sp³-hybridized carbons (Fsp3) is 0.467. The number of benzene rings is 1. The van der Waals surface area contributed by atoms with Crippen LogP contribution in [-0.2, 0) is 6.42 Å². The summed E-state index contributed by atoms with van der Waals surface area (Å²) in [5, 5.41) is 18.6. The second-order valence-corrected chi connectivity index (χ2v) is 6.00. The van der Waals surface area contributed by atoms with Crippen LogP contribution in [0.15, 0.2) is 18.2 Å². The van der Waals surface area contributed by atoms with E-state index >= 15 is 0 Å². The van der Waals surface area contributed by atoms with E-state index in [1.165, 1.54) is 0 Å². The van der Waals surface area contributed by atoms with E-state index in [4.69, 9.17) is 16.9 Å². The van der Waals surface area contributed by atoms with Gasteiger partial charge in [0, 0.05) is 23.8 Å². The number of amides is 1. The van der Waals surface area contributed by atoms with Gasteiger partial charge in [0.2, 0.25) is 0 Å². The van der Waals surface area contributed by atoms with Crippen molar-refractivity contribution in [1.82, 2.24) is 4.90 Å². The Morgan fingerprint density at radius 2 is 2.05 bits per heavy atom. The molecule has 1 aromatic carbocycles. The molecule has 2 atom stereocenters. The van der Waals surface area contributed by atoms with E-state index in [0.29, 0.717) is 24.5 Å². The average molecular weight is 306 g/mol. The van der Waals surface area contributed by atoms with Gasteiger partial charge >= 0.3 is 6.09 Å². The van der Waals surface area contributed by atoms with Crippen LogP contribution in [0.2, 0.25) is 5.02 Å². The number of hydrogen-bond donors (Lipinski definition) is 1. The molecule has 0 aliphatic carbocycles. The zero-order chi connectivity index (χ0) is 15.0. The maximum absolute atomic E-state index is 11.3. The second-order valence-electron chi connectivity index (χ2n) is 5.59. The first-order valence-corrected chi connectivity index (χ1v) is 7.39. The van der Waals surface area contributed by atoms with Gasteiger partial charge < -0.3 is 10.0 Å². The van der Waals surface area contributed by atoms with Gasteiger partial charge in [-0.3, -0.25) is 4.90 Å². The van der Waals surface area contributed by atoms with Crippen molar-refractivity contribution in [3.8, 4) is 6.07 Å². The van der Waals surface area contributed by atoms with E-state index in [1.807, 2.05) is 18.2 Å². The highest BCUT2D eigenvalue weighted by atomic mass is 35.5. The number of anilines is 1. The van der Waals surface area contributed by atoms with Gasteiger partial charge in [0.05, 0.1) is 24.6 Å². The maximum atomic E-state index is 11.3. The Kier molecular flexibility index (Phi) is 3.64. The van der Waals surface area contributed by atoms with Crippen LogP contribution < -0.4 is 4.90 Å². The Morgan fingerprint density at radius 3 is 2.57 bits per heavy atom. The molecule has 0 saturated carbocycles. The first-order valence-electron chi connectivity index (χ1n) is 7.01. The SMILES string of the molecule is N#CCc1ccc(N2CC3CCC(C2)N3C(=O)O)cc1Cl. The maximum Gasteiger partial charge on any atom is 0.407 e. The fourth-order valence-corrected chi connectivity index (χ4v) is 3.63. The molecule has 2 heterocycles. The third-order valence-corrected chi connectivity index (χ3v) is 4.73. The number of nitrogens with zero attached hydrogens (tertiary/aromatic N) is 3. The molecule has 1 amide bonds. The minimum atomic E-state index is -0.815. The second kappa shape index (κ2) is 5.45. The van der Waals surface area contributed by atoms with E-state index in [2.05, 4.69) is 11.0 Å². The average Bonchev–Trinajstić information content (AvgIpc) is 2.72. The number of fused-ring (bicyclic) bond motifs is 2. The Morgan fingerprint density at radius 1 is 1.38 bits per heavy atom. The molecule has 3 rings (SSSR count). The van der Waals surface area contributed by atoms with Crippen LogP contribution in [0.25, 0.3) is 0 Å². The van der Waals surface area contributed by atoms with Crippen LogP contribution in [0, 0.1) is 11.3 Å². The number of rotatable bonds is 2. The minimum absolute atomic E-state index is 0.0683. The molecular formula is C15H16ClN3O2. The van der Waals surface area contributed by atoms with Crippen LogP contribution in [0.4, 0.5) is 10.5 Å². The molecule has 1 N–H and O–H groups in total. The molecule has 21 heavy (non-hydrogen) atoms. The number of carboxylic acid groups (broad SMARTS) is 1. The van der Waals surface area contributed by atoms with Crippen molar-refractivity contribution in [3.05, 3.63) is 28.8 Å². The van der Waals surface area contributed by atoms with Crippen molar-refractivity contribution >= 4 is 23.4 Å². The van der Waals surface area contributed by atoms with Crippen molar-refractivity contribution in [2.24, 2.45) is 0 Å². The molecule has 2 aliphatic rings. The summed E-state index contributed by atoms with van der Waals surface area (Å²) in [6.45, 7) is 1.41. The molecular weight excluding hydrogens is 290 g/mol. The molecule has 1 aromatic rings. The quantitative estimate of drug-likeness (QED) is 0.912. The van der Waals surface area contributed by atoms with E-state index in [0.717, 1.165) is 24.1 Å². The Bertz CT molecular complexity index is 599. The molecule has 2 bridgehead atoms. The van der Waals surface area contributed by atoms with Crippen molar-refractivity contribution in [2.45, 2.75) is 31.3 Å². The van der Waals surface area contributed by atoms with Gasteiger partial charge in [0.25, 0.3) is 0 Å². The van der Waals surface area contributed by atoms with Gasteiger partial charge in [-0.15, -0.1) is 0 Å². The molecule has 110 valence electrons. The van der Waals surface area contributed by atoms with Crippen LogP contribution in [-0.4, -0.2) is 41.3 Å². The summed E-state index contributed by atoms with van der Waals surface area (Å²) in [6, 6.07) is 7.96. The third-order valence-electron chi connectivity index (χ3n) is 4.37. The van der Waals surface area contributed by atoms with Crippen LogP contribution in [0.3, 0.4) is 0 Å². The molecule has 0 spiro atoms. The van der Waals surface area contributed by atoms with Gasteiger partial charge in [0.15, 0.2) is 0 Å². The summed E-state index contributed by atoms with van der Waals surface area (Å²) in [7, 11) is 0. The van der Waals surface area contributed by atoms with Gasteiger partial charge in [-0.2, -0.15) is 5.26 Å². The van der Waals surface area contributed by atoms with E-state index in [-0.39, 0.29) is 12.1 Å². The summed E-state index contributed by atoms with van der Waals surface area (Å²) in [4.78, 5) is 15.1. The lowest BCUT2D eigenvalue weighted by Gasteiger charge is -2.40. The summed E-state index contributed by atoms with van der Waals surface area (Å²) >= 11 is 6.21. The predicted octanol–water partition coefficient (Wildman–Crippen LogP) is 2.74. The lowest BCUT2D eigenvalue weighted by atomic mass is 10.1. The zero-order valence-corrected chi connectivity index (χ0v) is 12.3. The van der Waals surface area contributed by atoms with Crippen molar-refractivity contribution in [2.75, 3.05) is 18.0 Å². The number of nitriles is 1. The molecule has 0 radical (unpaired) electrons. The van der Waals surface area contributed by atoms with Gasteiger partial charge in [0.1, 0.15) is 0 Å². The number of piperazine rings is 1. The standard InChI is InChI=1S/C15H16ClN3O2/c16-14-7-11(2-1-10(14)5-6-17)18-8-12-3-4-13(9-18)19(12)15(20)21/h1-2,7,12-13H,3-5,8-9H2,(H,20,21). The molecule has 6 heteroatoms. The van der Waals surface area contributed by atoms with Gasteiger partial charge in [-0.25, -0.2) is 4.79 Å². The highest BCUT2D eigenvalue weighted by molar-refractivity contribution is 6.31. The molecule has 2 fully saturated rings. The Balaban J connectivity index is 1.79. The number of halogens is 1. The first kappa shape index (κ1) is 14.0. The van der Waals surface area contributed by atoms with E-state index < -0.39 is 6.09 Å². The zero-order valence-electron chi connectivity index (χ0n) is 11.5. The molecule has 2 unspecified atom stereocenters. The Hall–Kier alpha value is -1.93. The molecule has 2 saturated heterocycles. The molecule has 0 aromatic heterocycles. The summed E-state index contributed by atoms with van der Waals surface area (Å²) in [5.74, 6) is 0. The van der Waals surface area contributed by atoms with E-state index in [1.54, 1.807) is 4.90 Å². The van der Waals surface area contributed by atoms with Crippen molar-refractivity contribution in [1.29, 1.82) is 5.26 Å². The lowest BCUT2D eigenvalue weighted by molar-refractivity contribution is 0.115. The minimum Gasteiger partial charge on any atom is -0.465 e. The molecule has 2 aliphatic heterocycles. The highest BCUT2D eigenvalue weighted by Crippen LogP contribution is 2.34. The van der Waals surface area contributed by atoms with Crippen molar-refractivity contribution in [3.63, 3.8) is 0 Å². The predicted molar refractivity (Wildman–Crippen MR) is 79.7 cm³/mol. The fourth-order valence-electron chi connectivity index (χ4n) is 3.39. The topological polar surface area (TPSA) is 67.6 Å². The van der Waals surface area contributed by atoms with Gasteiger partial charge in [-0.05, 0) is 30.5 Å². The third kappa shape index (κ3) is 2.52.